The lowest BCUT2D eigenvalue weighted by Crippen LogP contribution is -2.41. The highest BCUT2D eigenvalue weighted by atomic mass is 16.2. The Bertz CT molecular complexity index is 166. The van der Waals surface area contributed by atoms with Crippen LogP contribution in [0, 0.1) is 5.92 Å². The van der Waals surface area contributed by atoms with Gasteiger partial charge in [0.15, 0.2) is 0 Å². The second-order valence-electron chi connectivity index (χ2n) is 3.99. The number of amides is 2. The second kappa shape index (κ2) is 5.10. The van der Waals surface area contributed by atoms with Gasteiger partial charge >= 0.3 is 6.03 Å². The average Bonchev–Trinajstić information content (AvgIpc) is 2.84. The molecule has 13 heavy (non-hydrogen) atoms. The highest BCUT2D eigenvalue weighted by Crippen LogP contribution is 2.27. The highest BCUT2D eigenvalue weighted by Gasteiger charge is 2.21. The van der Waals surface area contributed by atoms with Gasteiger partial charge < -0.3 is 10.6 Å². The summed E-state index contributed by atoms with van der Waals surface area (Å²) in [4.78, 5) is 11.2. The first-order valence-corrected chi connectivity index (χ1v) is 5.26. The van der Waals surface area contributed by atoms with Gasteiger partial charge in [-0.25, -0.2) is 4.79 Å². The standard InChI is InChI=1S/C10H20N2O/c1-3-4-8(2)12-10(13)11-7-9-5-6-9/h8-9H,3-7H2,1-2H3,(H2,11,12,13). The lowest BCUT2D eigenvalue weighted by atomic mass is 10.2. The van der Waals surface area contributed by atoms with E-state index in [0.717, 1.165) is 25.3 Å². The normalized spacial score (nSPS) is 18.0. The van der Waals surface area contributed by atoms with E-state index in [1.807, 2.05) is 6.92 Å². The summed E-state index contributed by atoms with van der Waals surface area (Å²) in [6.45, 7) is 5.02. The van der Waals surface area contributed by atoms with Crippen molar-refractivity contribution in [3.05, 3.63) is 0 Å². The summed E-state index contributed by atoms with van der Waals surface area (Å²) in [6, 6.07) is 0.289. The van der Waals surface area contributed by atoms with E-state index in [4.69, 9.17) is 0 Å². The van der Waals surface area contributed by atoms with Crippen molar-refractivity contribution in [1.29, 1.82) is 0 Å². The Morgan fingerprint density at radius 2 is 2.23 bits per heavy atom. The molecule has 0 aromatic carbocycles. The Hall–Kier alpha value is -0.730. The Labute approximate surface area is 80.3 Å². The number of rotatable bonds is 5. The largest absolute Gasteiger partial charge is 0.338 e. The Kier molecular flexibility index (Phi) is 4.06. The smallest absolute Gasteiger partial charge is 0.315 e. The van der Waals surface area contributed by atoms with Crippen LogP contribution in [0.4, 0.5) is 4.79 Å². The van der Waals surface area contributed by atoms with Gasteiger partial charge in [0.2, 0.25) is 0 Å². The van der Waals surface area contributed by atoms with Crippen LogP contribution in [0.3, 0.4) is 0 Å². The topological polar surface area (TPSA) is 41.1 Å². The molecule has 1 aliphatic rings. The minimum atomic E-state index is -0.00662. The highest BCUT2D eigenvalue weighted by molar-refractivity contribution is 5.74. The quantitative estimate of drug-likeness (QED) is 0.673. The summed E-state index contributed by atoms with van der Waals surface area (Å²) in [5, 5.41) is 5.80. The van der Waals surface area contributed by atoms with Crippen molar-refractivity contribution < 1.29 is 4.79 Å². The molecule has 0 aromatic heterocycles. The minimum Gasteiger partial charge on any atom is -0.338 e. The molecule has 1 fully saturated rings. The molecule has 0 aromatic rings. The molecule has 1 saturated carbocycles. The number of urea groups is 1. The van der Waals surface area contributed by atoms with Crippen molar-refractivity contribution >= 4 is 6.03 Å². The minimum absolute atomic E-state index is 0.00662. The van der Waals surface area contributed by atoms with Crippen molar-refractivity contribution in [3.63, 3.8) is 0 Å². The first-order valence-electron chi connectivity index (χ1n) is 5.26. The predicted molar refractivity (Wildman–Crippen MR) is 53.6 cm³/mol. The van der Waals surface area contributed by atoms with E-state index in [0.29, 0.717) is 6.04 Å². The van der Waals surface area contributed by atoms with Crippen LogP contribution in [-0.2, 0) is 0 Å². The van der Waals surface area contributed by atoms with Crippen molar-refractivity contribution in [3.8, 4) is 0 Å². The van der Waals surface area contributed by atoms with E-state index in [9.17, 15) is 4.79 Å². The molecule has 3 heteroatoms. The lowest BCUT2D eigenvalue weighted by molar-refractivity contribution is 0.236. The third kappa shape index (κ3) is 4.76. The Balaban J connectivity index is 2.01. The van der Waals surface area contributed by atoms with Gasteiger partial charge in [0.25, 0.3) is 0 Å². The molecule has 0 radical (unpaired) electrons. The van der Waals surface area contributed by atoms with Crippen LogP contribution in [0.1, 0.15) is 39.5 Å². The van der Waals surface area contributed by atoms with Crippen LogP contribution in [-0.4, -0.2) is 18.6 Å². The van der Waals surface area contributed by atoms with Gasteiger partial charge in [-0.05, 0) is 32.1 Å². The van der Waals surface area contributed by atoms with Gasteiger partial charge in [-0.15, -0.1) is 0 Å². The first kappa shape index (κ1) is 10.4. The molecule has 0 bridgehead atoms. The van der Waals surface area contributed by atoms with E-state index in [1.165, 1.54) is 12.8 Å². The lowest BCUT2D eigenvalue weighted by Gasteiger charge is -2.13. The van der Waals surface area contributed by atoms with Gasteiger partial charge in [-0.3, -0.25) is 0 Å². The summed E-state index contributed by atoms with van der Waals surface area (Å²) in [6.07, 6.45) is 4.73. The maximum atomic E-state index is 11.2. The fourth-order valence-corrected chi connectivity index (χ4v) is 1.34. The summed E-state index contributed by atoms with van der Waals surface area (Å²) >= 11 is 0. The second-order valence-corrected chi connectivity index (χ2v) is 3.99. The molecule has 0 spiro atoms. The van der Waals surface area contributed by atoms with Crippen molar-refractivity contribution in [2.24, 2.45) is 5.92 Å². The molecule has 2 amide bonds. The number of hydrogen-bond donors (Lipinski definition) is 2. The zero-order valence-electron chi connectivity index (χ0n) is 8.60. The number of carbonyl (C=O) groups is 1. The fourth-order valence-electron chi connectivity index (χ4n) is 1.34. The van der Waals surface area contributed by atoms with Crippen LogP contribution in [0.15, 0.2) is 0 Å². The van der Waals surface area contributed by atoms with Gasteiger partial charge in [-0.2, -0.15) is 0 Å². The zero-order valence-corrected chi connectivity index (χ0v) is 8.60. The first-order chi connectivity index (χ1) is 6.22. The molecule has 0 aliphatic heterocycles. The summed E-state index contributed by atoms with van der Waals surface area (Å²) in [7, 11) is 0. The summed E-state index contributed by atoms with van der Waals surface area (Å²) in [5.41, 5.74) is 0. The number of nitrogens with one attached hydrogen (secondary N) is 2. The SMILES string of the molecule is CCCC(C)NC(=O)NCC1CC1. The number of carbonyl (C=O) groups excluding carboxylic acids is 1. The van der Waals surface area contributed by atoms with Gasteiger partial charge in [-0.1, -0.05) is 13.3 Å². The molecule has 1 rings (SSSR count). The van der Waals surface area contributed by atoms with Crippen molar-refractivity contribution in [1.82, 2.24) is 10.6 Å². The molecule has 76 valence electrons. The molecule has 3 nitrogen and oxygen atoms in total. The molecular formula is C10H20N2O. The average molecular weight is 184 g/mol. The molecular weight excluding hydrogens is 164 g/mol. The molecule has 1 unspecified atom stereocenters. The maximum Gasteiger partial charge on any atom is 0.315 e. The van der Waals surface area contributed by atoms with Gasteiger partial charge in [0.1, 0.15) is 0 Å². The van der Waals surface area contributed by atoms with Crippen LogP contribution < -0.4 is 10.6 Å². The summed E-state index contributed by atoms with van der Waals surface area (Å²) < 4.78 is 0. The van der Waals surface area contributed by atoms with Crippen molar-refractivity contribution in [2.45, 2.75) is 45.6 Å². The van der Waals surface area contributed by atoms with Crippen LogP contribution in [0.25, 0.3) is 0 Å². The molecule has 2 N–H and O–H groups in total. The van der Waals surface area contributed by atoms with E-state index in [-0.39, 0.29) is 6.03 Å². The Morgan fingerprint density at radius 1 is 1.54 bits per heavy atom. The molecule has 1 atom stereocenters. The summed E-state index contributed by atoms with van der Waals surface area (Å²) in [5.74, 6) is 0.757. The van der Waals surface area contributed by atoms with E-state index in [1.54, 1.807) is 0 Å². The van der Waals surface area contributed by atoms with E-state index in [2.05, 4.69) is 17.6 Å². The van der Waals surface area contributed by atoms with Gasteiger partial charge in [0.05, 0.1) is 0 Å². The van der Waals surface area contributed by atoms with E-state index >= 15 is 0 Å². The third-order valence-electron chi connectivity index (χ3n) is 2.35. The molecule has 1 aliphatic carbocycles. The van der Waals surface area contributed by atoms with Crippen molar-refractivity contribution in [2.75, 3.05) is 6.54 Å². The Morgan fingerprint density at radius 3 is 2.77 bits per heavy atom. The van der Waals surface area contributed by atoms with Crippen LogP contribution >= 0.6 is 0 Å². The van der Waals surface area contributed by atoms with E-state index < -0.39 is 0 Å². The predicted octanol–water partition coefficient (Wildman–Crippen LogP) is 1.88. The third-order valence-corrected chi connectivity index (χ3v) is 2.35. The maximum absolute atomic E-state index is 11.2. The number of hydrogen-bond acceptors (Lipinski definition) is 1. The molecule has 0 saturated heterocycles. The molecule has 0 heterocycles. The van der Waals surface area contributed by atoms with Crippen LogP contribution in [0.2, 0.25) is 0 Å². The fraction of sp³-hybridized carbons (Fsp3) is 0.900. The van der Waals surface area contributed by atoms with Crippen LogP contribution in [0.5, 0.6) is 0 Å². The van der Waals surface area contributed by atoms with Gasteiger partial charge in [0, 0.05) is 12.6 Å². The monoisotopic (exact) mass is 184 g/mol. The zero-order chi connectivity index (χ0) is 9.68.